The molecule has 0 spiro atoms. The van der Waals surface area contributed by atoms with Crippen molar-refractivity contribution < 1.29 is 9.90 Å². The predicted molar refractivity (Wildman–Crippen MR) is 130 cm³/mol. The van der Waals surface area contributed by atoms with E-state index in [-0.39, 0.29) is 5.91 Å². The molecule has 1 fully saturated rings. The van der Waals surface area contributed by atoms with Gasteiger partial charge in [-0.2, -0.15) is 5.10 Å². The molecule has 1 saturated heterocycles. The summed E-state index contributed by atoms with van der Waals surface area (Å²) < 4.78 is 1.83. The van der Waals surface area contributed by atoms with Gasteiger partial charge < -0.3 is 15.3 Å². The van der Waals surface area contributed by atoms with Gasteiger partial charge in [-0.25, -0.2) is 15.0 Å². The van der Waals surface area contributed by atoms with Crippen molar-refractivity contribution in [3.63, 3.8) is 0 Å². The molecular weight excluding hydrogens is 450 g/mol. The van der Waals surface area contributed by atoms with E-state index in [0.717, 1.165) is 27.5 Å². The van der Waals surface area contributed by atoms with E-state index in [1.54, 1.807) is 24.2 Å². The number of likely N-dealkylation sites (tertiary alicyclic amines) is 1. The summed E-state index contributed by atoms with van der Waals surface area (Å²) in [6, 6.07) is 9.25. The summed E-state index contributed by atoms with van der Waals surface area (Å²) in [5, 5.41) is 21.2. The van der Waals surface area contributed by atoms with Crippen LogP contribution in [0.15, 0.2) is 48.1 Å². The lowest BCUT2D eigenvalue weighted by Crippen LogP contribution is -2.36. The van der Waals surface area contributed by atoms with Crippen LogP contribution in [-0.2, 0) is 24.0 Å². The summed E-state index contributed by atoms with van der Waals surface area (Å²) >= 11 is 1.49. The highest BCUT2D eigenvalue weighted by Crippen LogP contribution is 2.36. The summed E-state index contributed by atoms with van der Waals surface area (Å²) in [5.74, 6) is 0.246. The Kier molecular flexibility index (Phi) is 5.62. The van der Waals surface area contributed by atoms with Crippen LogP contribution in [-0.4, -0.2) is 54.2 Å². The van der Waals surface area contributed by atoms with Crippen molar-refractivity contribution in [2.75, 3.05) is 18.9 Å². The second kappa shape index (κ2) is 8.62. The molecule has 4 heterocycles. The largest absolute Gasteiger partial charge is 0.375 e. The molecule has 2 N–H and O–H groups in total. The van der Waals surface area contributed by atoms with Crippen LogP contribution in [0.2, 0.25) is 0 Å². The number of carbonyl (C=O) groups excluding carboxylic acids is 1. The number of amides is 1. The summed E-state index contributed by atoms with van der Waals surface area (Å²) in [6.45, 7) is 3.13. The minimum Gasteiger partial charge on any atom is -0.375 e. The number of aromatic nitrogens is 5. The first-order valence-electron chi connectivity index (χ1n) is 10.9. The molecule has 0 unspecified atom stereocenters. The Morgan fingerprint density at radius 1 is 1.21 bits per heavy atom. The first-order chi connectivity index (χ1) is 16.3. The van der Waals surface area contributed by atoms with E-state index in [0.29, 0.717) is 36.7 Å². The number of benzene rings is 1. The van der Waals surface area contributed by atoms with Crippen molar-refractivity contribution in [2.24, 2.45) is 7.05 Å². The van der Waals surface area contributed by atoms with Gasteiger partial charge in [-0.05, 0) is 24.6 Å². The average molecular weight is 476 g/mol. The Labute approximate surface area is 201 Å². The van der Waals surface area contributed by atoms with E-state index in [4.69, 9.17) is 4.98 Å². The summed E-state index contributed by atoms with van der Waals surface area (Å²) in [6.07, 6.45) is 3.92. The Bertz CT molecular complexity index is 1360. The number of thiazole rings is 1. The highest BCUT2D eigenvalue weighted by molar-refractivity contribution is 7.13. The Morgan fingerprint density at radius 2 is 2.06 bits per heavy atom. The van der Waals surface area contributed by atoms with Crippen molar-refractivity contribution in [3.8, 4) is 22.0 Å². The zero-order valence-electron chi connectivity index (χ0n) is 19.2. The van der Waals surface area contributed by atoms with Gasteiger partial charge in [0.25, 0.3) is 5.91 Å². The Morgan fingerprint density at radius 3 is 2.79 bits per heavy atom. The minimum atomic E-state index is -1.48. The van der Waals surface area contributed by atoms with Crippen LogP contribution >= 0.6 is 11.3 Å². The van der Waals surface area contributed by atoms with E-state index in [1.165, 1.54) is 11.3 Å². The SMILES string of the molecule is Cc1c(CNc2nccc(-c3csc(-c4cccc([C@]5(O)CCN(C)C5=O)c4)n3)n2)cnn1C. The maximum atomic E-state index is 12.5. The summed E-state index contributed by atoms with van der Waals surface area (Å²) in [4.78, 5) is 27.8. The van der Waals surface area contributed by atoms with Crippen molar-refractivity contribution in [1.82, 2.24) is 29.6 Å². The monoisotopic (exact) mass is 475 g/mol. The van der Waals surface area contributed by atoms with Gasteiger partial charge in [0.1, 0.15) is 10.7 Å². The van der Waals surface area contributed by atoms with Crippen LogP contribution in [0.5, 0.6) is 0 Å². The molecule has 1 aromatic carbocycles. The molecule has 1 amide bonds. The Balaban J connectivity index is 1.36. The topological polar surface area (TPSA) is 109 Å². The zero-order chi connectivity index (χ0) is 23.9. The molecular formula is C24H25N7O2S. The number of nitrogens with zero attached hydrogens (tertiary/aromatic N) is 6. The number of rotatable bonds is 6. The molecule has 9 nitrogen and oxygen atoms in total. The molecule has 10 heteroatoms. The normalized spacial score (nSPS) is 18.0. The lowest BCUT2D eigenvalue weighted by molar-refractivity contribution is -0.143. The molecule has 0 aliphatic carbocycles. The number of hydrogen-bond acceptors (Lipinski definition) is 8. The standard InChI is InChI=1S/C24H25N7O2S/c1-15-17(13-27-31(15)3)12-26-23-25-9-7-19(29-23)20-14-34-21(28-20)16-5-4-6-18(11-16)24(33)8-10-30(2)22(24)32/h4-7,9,11,13-14,33H,8,10,12H2,1-3H3,(H,25,26,29)/t24-/m1/s1. The van der Waals surface area contributed by atoms with Crippen LogP contribution in [0.25, 0.3) is 22.0 Å². The van der Waals surface area contributed by atoms with Crippen LogP contribution < -0.4 is 5.32 Å². The lowest BCUT2D eigenvalue weighted by atomic mass is 9.91. The first kappa shape index (κ1) is 22.2. The third-order valence-electron chi connectivity index (χ3n) is 6.29. The highest BCUT2D eigenvalue weighted by Gasteiger charge is 2.45. The summed E-state index contributed by atoms with van der Waals surface area (Å²) in [5.41, 5.74) is 3.59. The third kappa shape index (κ3) is 3.95. The zero-order valence-corrected chi connectivity index (χ0v) is 20.0. The van der Waals surface area contributed by atoms with Gasteiger partial charge in [-0.3, -0.25) is 9.48 Å². The molecule has 0 saturated carbocycles. The summed E-state index contributed by atoms with van der Waals surface area (Å²) in [7, 11) is 3.62. The van der Waals surface area contributed by atoms with Crippen LogP contribution in [0, 0.1) is 6.92 Å². The van der Waals surface area contributed by atoms with Crippen molar-refractivity contribution in [3.05, 3.63) is 64.9 Å². The number of carbonyl (C=O) groups is 1. The fourth-order valence-corrected chi connectivity index (χ4v) is 4.84. The molecule has 1 atom stereocenters. The highest BCUT2D eigenvalue weighted by atomic mass is 32.1. The van der Waals surface area contributed by atoms with Gasteiger partial charge >= 0.3 is 0 Å². The molecule has 1 aliphatic heterocycles. The van der Waals surface area contributed by atoms with Gasteiger partial charge in [-0.15, -0.1) is 11.3 Å². The maximum Gasteiger partial charge on any atom is 0.258 e. The van der Waals surface area contributed by atoms with E-state index in [1.807, 2.05) is 54.5 Å². The first-order valence-corrected chi connectivity index (χ1v) is 11.8. The van der Waals surface area contributed by atoms with Crippen molar-refractivity contribution in [2.45, 2.75) is 25.5 Å². The number of hydrogen-bond donors (Lipinski definition) is 2. The van der Waals surface area contributed by atoms with E-state index in [2.05, 4.69) is 20.4 Å². The van der Waals surface area contributed by atoms with E-state index >= 15 is 0 Å². The van der Waals surface area contributed by atoms with Gasteiger partial charge in [0.15, 0.2) is 5.60 Å². The molecule has 174 valence electrons. The molecule has 3 aromatic heterocycles. The van der Waals surface area contributed by atoms with Crippen LogP contribution in [0.4, 0.5) is 5.95 Å². The second-order valence-corrected chi connectivity index (χ2v) is 9.31. The molecule has 4 aromatic rings. The number of aliphatic hydroxyl groups is 1. The molecule has 34 heavy (non-hydrogen) atoms. The van der Waals surface area contributed by atoms with Gasteiger partial charge in [-0.1, -0.05) is 18.2 Å². The molecule has 5 rings (SSSR count). The lowest BCUT2D eigenvalue weighted by Gasteiger charge is -2.21. The molecule has 0 radical (unpaired) electrons. The predicted octanol–water partition coefficient (Wildman–Crippen LogP) is 2.97. The average Bonchev–Trinajstić information content (AvgIpc) is 3.55. The fourth-order valence-electron chi connectivity index (χ4n) is 4.03. The molecule has 1 aliphatic rings. The third-order valence-corrected chi connectivity index (χ3v) is 7.18. The van der Waals surface area contributed by atoms with Crippen molar-refractivity contribution >= 4 is 23.2 Å². The maximum absolute atomic E-state index is 12.5. The van der Waals surface area contributed by atoms with Crippen LogP contribution in [0.3, 0.4) is 0 Å². The van der Waals surface area contributed by atoms with Crippen LogP contribution in [0.1, 0.15) is 23.2 Å². The van der Waals surface area contributed by atoms with Gasteiger partial charge in [0.2, 0.25) is 5.95 Å². The van der Waals surface area contributed by atoms with Gasteiger partial charge in [0.05, 0.1) is 11.9 Å². The fraction of sp³-hybridized carbons (Fsp3) is 0.292. The number of likely N-dealkylation sites (N-methyl/N-ethyl adjacent to an activating group) is 1. The number of nitrogens with one attached hydrogen (secondary N) is 1. The van der Waals surface area contributed by atoms with Crippen molar-refractivity contribution in [1.29, 1.82) is 0 Å². The molecule has 0 bridgehead atoms. The number of anilines is 1. The number of aryl methyl sites for hydroxylation is 1. The van der Waals surface area contributed by atoms with E-state index in [9.17, 15) is 9.90 Å². The smallest absolute Gasteiger partial charge is 0.258 e. The second-order valence-electron chi connectivity index (χ2n) is 8.45. The minimum absolute atomic E-state index is 0.271. The van der Waals surface area contributed by atoms with E-state index < -0.39 is 5.60 Å². The quantitative estimate of drug-likeness (QED) is 0.441. The van der Waals surface area contributed by atoms with Gasteiger partial charge in [0, 0.05) is 62.0 Å². The Hall–Kier alpha value is -3.63.